The minimum absolute atomic E-state index is 0.680. The molecule has 5 nitrogen and oxygen atoms in total. The summed E-state index contributed by atoms with van der Waals surface area (Å²) in [5.74, 6) is 0. The highest BCUT2D eigenvalue weighted by atomic mass is 79.9. The highest BCUT2D eigenvalue weighted by Gasteiger charge is 2.06. The van der Waals surface area contributed by atoms with Gasteiger partial charge in [-0.15, -0.1) is 10.2 Å². The Labute approximate surface area is 70.6 Å². The Balaban J connectivity index is 2.95. The van der Waals surface area contributed by atoms with Crippen LogP contribution in [0.1, 0.15) is 0 Å². The average molecular weight is 214 g/mol. The van der Waals surface area contributed by atoms with E-state index < -0.39 is 0 Å². The summed E-state index contributed by atoms with van der Waals surface area (Å²) in [4.78, 5) is 4.00. The summed E-state index contributed by atoms with van der Waals surface area (Å²) in [6, 6.07) is 0. The first-order valence-corrected chi connectivity index (χ1v) is 3.74. The number of nitrogens with zero attached hydrogens (tertiary/aromatic N) is 5. The second kappa shape index (κ2) is 2.23. The molecule has 0 aromatic carbocycles. The fraction of sp³-hybridized carbons (Fsp3) is 0.200. The van der Waals surface area contributed by atoms with E-state index in [4.69, 9.17) is 0 Å². The average Bonchev–Trinajstić information content (AvgIpc) is 2.30. The molecule has 0 atom stereocenters. The second-order valence-electron chi connectivity index (χ2n) is 2.05. The van der Waals surface area contributed by atoms with Crippen LogP contribution in [0.3, 0.4) is 0 Å². The molecule has 0 fully saturated rings. The summed E-state index contributed by atoms with van der Waals surface area (Å²) in [6.45, 7) is 0. The van der Waals surface area contributed by atoms with Gasteiger partial charge >= 0.3 is 0 Å². The number of fused-ring (bicyclic) bond motifs is 1. The van der Waals surface area contributed by atoms with Gasteiger partial charge in [-0.1, -0.05) is 0 Å². The normalized spacial score (nSPS) is 10.7. The van der Waals surface area contributed by atoms with Crippen molar-refractivity contribution in [2.75, 3.05) is 0 Å². The van der Waals surface area contributed by atoms with Crippen molar-refractivity contribution in [3.63, 3.8) is 0 Å². The van der Waals surface area contributed by atoms with Crippen LogP contribution in [0.2, 0.25) is 0 Å². The van der Waals surface area contributed by atoms with E-state index in [1.54, 1.807) is 11.7 Å². The molecule has 0 radical (unpaired) electrons. The van der Waals surface area contributed by atoms with Gasteiger partial charge < -0.3 is 0 Å². The van der Waals surface area contributed by atoms with Crippen molar-refractivity contribution in [2.24, 2.45) is 7.05 Å². The predicted octanol–water partition coefficient (Wildman–Crippen LogP) is 0.521. The molecule has 0 aliphatic carbocycles. The summed E-state index contributed by atoms with van der Waals surface area (Å²) < 4.78 is 2.32. The lowest BCUT2D eigenvalue weighted by Crippen LogP contribution is -1.93. The molecule has 2 aromatic rings. The molecule has 6 heteroatoms. The molecule has 0 aliphatic heterocycles. The first kappa shape index (κ1) is 6.66. The molecule has 0 unspecified atom stereocenters. The van der Waals surface area contributed by atoms with Crippen LogP contribution in [0, 0.1) is 0 Å². The Kier molecular flexibility index (Phi) is 1.35. The SMILES string of the molecule is Cn1nc(Br)c2ncnnc21. The van der Waals surface area contributed by atoms with E-state index in [0.717, 1.165) is 5.52 Å². The van der Waals surface area contributed by atoms with E-state index in [1.807, 2.05) is 0 Å². The number of halogens is 1. The van der Waals surface area contributed by atoms with E-state index in [9.17, 15) is 0 Å². The van der Waals surface area contributed by atoms with Gasteiger partial charge in [-0.2, -0.15) is 5.10 Å². The van der Waals surface area contributed by atoms with Crippen LogP contribution < -0.4 is 0 Å². The fourth-order valence-corrected chi connectivity index (χ4v) is 1.38. The third-order valence-corrected chi connectivity index (χ3v) is 1.88. The van der Waals surface area contributed by atoms with E-state index in [1.165, 1.54) is 6.33 Å². The quantitative estimate of drug-likeness (QED) is 0.641. The maximum atomic E-state index is 4.06. The number of hydrogen-bond acceptors (Lipinski definition) is 4. The van der Waals surface area contributed by atoms with Crippen LogP contribution in [0.4, 0.5) is 0 Å². The molecule has 0 bridgehead atoms. The Hall–Kier alpha value is -1.04. The zero-order valence-electron chi connectivity index (χ0n) is 5.69. The van der Waals surface area contributed by atoms with Crippen LogP contribution in [-0.2, 0) is 7.05 Å². The Morgan fingerprint density at radius 3 is 3.09 bits per heavy atom. The number of rotatable bonds is 0. The van der Waals surface area contributed by atoms with Gasteiger partial charge in [-0.25, -0.2) is 9.67 Å². The molecule has 0 aliphatic rings. The monoisotopic (exact) mass is 213 g/mol. The molecule has 56 valence electrons. The van der Waals surface area contributed by atoms with Crippen LogP contribution >= 0.6 is 15.9 Å². The molecular formula is C5H4BrN5. The van der Waals surface area contributed by atoms with Crippen molar-refractivity contribution in [2.45, 2.75) is 0 Å². The summed E-state index contributed by atoms with van der Waals surface area (Å²) in [6.07, 6.45) is 1.40. The summed E-state index contributed by atoms with van der Waals surface area (Å²) in [5.41, 5.74) is 1.42. The van der Waals surface area contributed by atoms with Gasteiger partial charge in [-0.3, -0.25) is 0 Å². The van der Waals surface area contributed by atoms with Gasteiger partial charge in [0.15, 0.2) is 10.3 Å². The minimum atomic E-state index is 0.680. The molecule has 0 N–H and O–H groups in total. The Morgan fingerprint density at radius 1 is 1.55 bits per heavy atom. The van der Waals surface area contributed by atoms with Crippen LogP contribution in [0.5, 0.6) is 0 Å². The first-order valence-electron chi connectivity index (χ1n) is 2.95. The maximum absolute atomic E-state index is 4.06. The van der Waals surface area contributed by atoms with Gasteiger partial charge in [0, 0.05) is 7.05 Å². The maximum Gasteiger partial charge on any atom is 0.200 e. The molecule has 0 saturated carbocycles. The summed E-state index contributed by atoms with van der Waals surface area (Å²) in [7, 11) is 1.80. The minimum Gasteiger partial charge on any atom is -0.246 e. The number of aryl methyl sites for hydroxylation is 1. The van der Waals surface area contributed by atoms with E-state index >= 15 is 0 Å². The molecule has 2 heterocycles. The van der Waals surface area contributed by atoms with Crippen molar-refractivity contribution >= 4 is 27.1 Å². The zero-order valence-corrected chi connectivity index (χ0v) is 7.28. The lowest BCUT2D eigenvalue weighted by molar-refractivity contribution is 0.769. The molecule has 2 rings (SSSR count). The van der Waals surface area contributed by atoms with Crippen LogP contribution in [-0.4, -0.2) is 25.0 Å². The van der Waals surface area contributed by atoms with Gasteiger partial charge in [0.1, 0.15) is 11.8 Å². The summed E-state index contributed by atoms with van der Waals surface area (Å²) in [5, 5.41) is 11.6. The van der Waals surface area contributed by atoms with Gasteiger partial charge in [0.05, 0.1) is 0 Å². The van der Waals surface area contributed by atoms with Crippen molar-refractivity contribution in [1.82, 2.24) is 25.0 Å². The smallest absolute Gasteiger partial charge is 0.200 e. The zero-order chi connectivity index (χ0) is 7.84. The first-order chi connectivity index (χ1) is 5.29. The topological polar surface area (TPSA) is 56.5 Å². The van der Waals surface area contributed by atoms with Crippen molar-refractivity contribution < 1.29 is 0 Å². The van der Waals surface area contributed by atoms with E-state index in [0.29, 0.717) is 10.3 Å². The van der Waals surface area contributed by atoms with E-state index in [-0.39, 0.29) is 0 Å². The van der Waals surface area contributed by atoms with Crippen LogP contribution in [0.15, 0.2) is 10.9 Å². The lowest BCUT2D eigenvalue weighted by Gasteiger charge is -1.86. The second-order valence-corrected chi connectivity index (χ2v) is 2.80. The van der Waals surface area contributed by atoms with Gasteiger partial charge in [-0.05, 0) is 15.9 Å². The standard InChI is InChI=1S/C5H4BrN5/c1-11-5-3(4(6)10-11)7-2-8-9-5/h2H,1H3. The van der Waals surface area contributed by atoms with Crippen molar-refractivity contribution in [3.05, 3.63) is 10.9 Å². The van der Waals surface area contributed by atoms with E-state index in [2.05, 4.69) is 36.2 Å². The summed E-state index contributed by atoms with van der Waals surface area (Å²) >= 11 is 3.26. The molecule has 2 aromatic heterocycles. The van der Waals surface area contributed by atoms with Gasteiger partial charge in [0.2, 0.25) is 0 Å². The largest absolute Gasteiger partial charge is 0.246 e. The number of hydrogen-bond donors (Lipinski definition) is 0. The fourth-order valence-electron chi connectivity index (χ4n) is 0.859. The molecule has 0 saturated heterocycles. The molecule has 0 spiro atoms. The van der Waals surface area contributed by atoms with Crippen molar-refractivity contribution in [1.29, 1.82) is 0 Å². The highest BCUT2D eigenvalue weighted by Crippen LogP contribution is 2.16. The highest BCUT2D eigenvalue weighted by molar-refractivity contribution is 9.10. The molecule has 11 heavy (non-hydrogen) atoms. The van der Waals surface area contributed by atoms with Crippen LogP contribution in [0.25, 0.3) is 11.2 Å². The molecular weight excluding hydrogens is 210 g/mol. The lowest BCUT2D eigenvalue weighted by atomic mass is 10.6. The Bertz CT molecular complexity index is 359. The predicted molar refractivity (Wildman–Crippen MR) is 41.8 cm³/mol. The molecule has 0 amide bonds. The third kappa shape index (κ3) is 0.900. The van der Waals surface area contributed by atoms with Crippen molar-refractivity contribution in [3.8, 4) is 0 Å². The van der Waals surface area contributed by atoms with Gasteiger partial charge in [0.25, 0.3) is 0 Å². The Morgan fingerprint density at radius 2 is 2.36 bits per heavy atom. The third-order valence-electron chi connectivity index (χ3n) is 1.34. The number of aromatic nitrogens is 5.